The largest absolute Gasteiger partial charge is 0.381 e. The first-order valence-corrected chi connectivity index (χ1v) is 6.88. The Morgan fingerprint density at radius 3 is 2.00 bits per heavy atom. The zero-order chi connectivity index (χ0) is 12.7. The van der Waals surface area contributed by atoms with Crippen LogP contribution in [-0.4, -0.2) is 36.4 Å². The van der Waals surface area contributed by atoms with Crippen molar-refractivity contribution < 1.29 is 4.74 Å². The number of piperidine rings is 1. The highest BCUT2D eigenvalue weighted by Gasteiger charge is 2.39. The SMILES string of the molecule is COC1CC(NC2CC(C)(C)NC(C)(C)C2)C1. The second kappa shape index (κ2) is 4.52. The van der Waals surface area contributed by atoms with E-state index in [4.69, 9.17) is 4.74 Å². The van der Waals surface area contributed by atoms with Gasteiger partial charge in [0.15, 0.2) is 0 Å². The van der Waals surface area contributed by atoms with Crippen molar-refractivity contribution in [1.29, 1.82) is 0 Å². The molecule has 1 aliphatic heterocycles. The van der Waals surface area contributed by atoms with Crippen LogP contribution >= 0.6 is 0 Å². The van der Waals surface area contributed by atoms with Gasteiger partial charge in [0.25, 0.3) is 0 Å². The molecule has 0 spiro atoms. The van der Waals surface area contributed by atoms with E-state index in [9.17, 15) is 0 Å². The quantitative estimate of drug-likeness (QED) is 0.792. The third-order valence-corrected chi connectivity index (χ3v) is 4.09. The van der Waals surface area contributed by atoms with Crippen molar-refractivity contribution in [1.82, 2.24) is 10.6 Å². The maximum absolute atomic E-state index is 5.34. The molecule has 0 bridgehead atoms. The van der Waals surface area contributed by atoms with E-state index in [1.54, 1.807) is 0 Å². The molecular weight excluding hydrogens is 212 g/mol. The van der Waals surface area contributed by atoms with Crippen LogP contribution in [0.5, 0.6) is 0 Å². The van der Waals surface area contributed by atoms with Gasteiger partial charge in [0, 0.05) is 30.3 Å². The molecule has 0 unspecified atom stereocenters. The Morgan fingerprint density at radius 2 is 1.53 bits per heavy atom. The predicted octanol–water partition coefficient (Wildman–Crippen LogP) is 2.06. The fraction of sp³-hybridized carbons (Fsp3) is 1.00. The lowest BCUT2D eigenvalue weighted by Gasteiger charge is -2.49. The molecule has 100 valence electrons. The summed E-state index contributed by atoms with van der Waals surface area (Å²) in [4.78, 5) is 0. The summed E-state index contributed by atoms with van der Waals surface area (Å²) in [5.41, 5.74) is 0.480. The van der Waals surface area contributed by atoms with Gasteiger partial charge in [-0.05, 0) is 53.4 Å². The Balaban J connectivity index is 1.85. The van der Waals surface area contributed by atoms with Gasteiger partial charge in [-0.2, -0.15) is 0 Å². The van der Waals surface area contributed by atoms with Crippen molar-refractivity contribution in [3.63, 3.8) is 0 Å². The lowest BCUT2D eigenvalue weighted by molar-refractivity contribution is 0.00833. The average Bonchev–Trinajstić information content (AvgIpc) is 2.04. The average molecular weight is 240 g/mol. The Hall–Kier alpha value is -0.120. The molecule has 1 aliphatic carbocycles. The van der Waals surface area contributed by atoms with Gasteiger partial charge in [-0.1, -0.05) is 0 Å². The fourth-order valence-corrected chi connectivity index (χ4v) is 3.67. The Morgan fingerprint density at radius 1 is 1.00 bits per heavy atom. The van der Waals surface area contributed by atoms with E-state index in [1.807, 2.05) is 7.11 Å². The van der Waals surface area contributed by atoms with Crippen molar-refractivity contribution in [3.05, 3.63) is 0 Å². The second-order valence-electron chi connectivity index (χ2n) is 7.19. The minimum Gasteiger partial charge on any atom is -0.381 e. The van der Waals surface area contributed by atoms with E-state index in [0.29, 0.717) is 18.2 Å². The number of methoxy groups -OCH3 is 1. The molecule has 1 saturated carbocycles. The summed E-state index contributed by atoms with van der Waals surface area (Å²) < 4.78 is 5.34. The van der Waals surface area contributed by atoms with Gasteiger partial charge >= 0.3 is 0 Å². The second-order valence-corrected chi connectivity index (χ2v) is 7.19. The van der Waals surface area contributed by atoms with E-state index >= 15 is 0 Å². The van der Waals surface area contributed by atoms with Crippen molar-refractivity contribution in [2.75, 3.05) is 7.11 Å². The van der Waals surface area contributed by atoms with Crippen LogP contribution in [-0.2, 0) is 4.74 Å². The fourth-order valence-electron chi connectivity index (χ4n) is 3.67. The minimum atomic E-state index is 0.240. The minimum absolute atomic E-state index is 0.240. The summed E-state index contributed by atoms with van der Waals surface area (Å²) in [7, 11) is 1.82. The lowest BCUT2D eigenvalue weighted by Crippen LogP contribution is -2.63. The summed E-state index contributed by atoms with van der Waals surface area (Å²) in [6.07, 6.45) is 5.29. The van der Waals surface area contributed by atoms with Gasteiger partial charge in [0.1, 0.15) is 0 Å². The molecular formula is C14H28N2O. The highest BCUT2D eigenvalue weighted by atomic mass is 16.5. The highest BCUT2D eigenvalue weighted by molar-refractivity contribution is 5.01. The van der Waals surface area contributed by atoms with Crippen LogP contribution in [0.3, 0.4) is 0 Å². The molecule has 2 N–H and O–H groups in total. The molecule has 3 heteroatoms. The predicted molar refractivity (Wildman–Crippen MR) is 71.3 cm³/mol. The van der Waals surface area contributed by atoms with E-state index in [0.717, 1.165) is 0 Å². The zero-order valence-corrected chi connectivity index (χ0v) is 12.0. The van der Waals surface area contributed by atoms with Crippen molar-refractivity contribution >= 4 is 0 Å². The van der Waals surface area contributed by atoms with Gasteiger partial charge in [0.05, 0.1) is 6.10 Å². The molecule has 0 aromatic rings. The summed E-state index contributed by atoms with van der Waals surface area (Å²) in [6.45, 7) is 9.23. The molecule has 2 rings (SSSR count). The number of hydrogen-bond donors (Lipinski definition) is 2. The normalized spacial score (nSPS) is 36.5. The molecule has 0 radical (unpaired) electrons. The first-order chi connectivity index (χ1) is 7.80. The standard InChI is InChI=1S/C14H28N2O/c1-13(2)8-11(9-14(3,4)16-13)15-10-6-12(7-10)17-5/h10-12,15-16H,6-9H2,1-5H3. The number of ether oxygens (including phenoxy) is 1. The van der Waals surface area contributed by atoms with Crippen molar-refractivity contribution in [2.24, 2.45) is 0 Å². The van der Waals surface area contributed by atoms with Crippen molar-refractivity contribution in [2.45, 2.75) is 82.6 Å². The smallest absolute Gasteiger partial charge is 0.0601 e. The van der Waals surface area contributed by atoms with Crippen molar-refractivity contribution in [3.8, 4) is 0 Å². The molecule has 1 heterocycles. The Kier molecular flexibility index (Phi) is 3.54. The Bertz CT molecular complexity index is 253. The first kappa shape index (κ1) is 13.3. The van der Waals surface area contributed by atoms with Crippen LogP contribution in [0.25, 0.3) is 0 Å². The van der Waals surface area contributed by atoms with Crippen LogP contribution in [0.4, 0.5) is 0 Å². The topological polar surface area (TPSA) is 33.3 Å². The van der Waals surface area contributed by atoms with Crippen LogP contribution in [0.15, 0.2) is 0 Å². The van der Waals surface area contributed by atoms with Gasteiger partial charge in [-0.15, -0.1) is 0 Å². The summed E-state index contributed by atoms with van der Waals surface area (Å²) in [6, 6.07) is 1.32. The molecule has 0 aromatic heterocycles. The number of hydrogen-bond acceptors (Lipinski definition) is 3. The van der Waals surface area contributed by atoms with E-state index in [-0.39, 0.29) is 11.1 Å². The van der Waals surface area contributed by atoms with Crippen LogP contribution in [0.1, 0.15) is 53.4 Å². The maximum atomic E-state index is 5.34. The van der Waals surface area contributed by atoms with Gasteiger partial charge in [0.2, 0.25) is 0 Å². The van der Waals surface area contributed by atoms with Gasteiger partial charge in [-0.3, -0.25) is 0 Å². The van der Waals surface area contributed by atoms with Crippen LogP contribution < -0.4 is 10.6 Å². The van der Waals surface area contributed by atoms with Gasteiger partial charge in [-0.25, -0.2) is 0 Å². The summed E-state index contributed by atoms with van der Waals surface area (Å²) in [5, 5.41) is 7.54. The monoisotopic (exact) mass is 240 g/mol. The maximum Gasteiger partial charge on any atom is 0.0601 e. The first-order valence-electron chi connectivity index (χ1n) is 6.88. The molecule has 0 aromatic carbocycles. The molecule has 2 aliphatic rings. The molecule has 0 atom stereocenters. The third-order valence-electron chi connectivity index (χ3n) is 4.09. The zero-order valence-electron chi connectivity index (χ0n) is 12.0. The Labute approximate surface area is 106 Å². The number of nitrogens with one attached hydrogen (secondary N) is 2. The van der Waals surface area contributed by atoms with Crippen LogP contribution in [0, 0.1) is 0 Å². The van der Waals surface area contributed by atoms with E-state index < -0.39 is 0 Å². The highest BCUT2D eigenvalue weighted by Crippen LogP contribution is 2.31. The van der Waals surface area contributed by atoms with Gasteiger partial charge < -0.3 is 15.4 Å². The molecule has 0 amide bonds. The molecule has 1 saturated heterocycles. The van der Waals surface area contributed by atoms with Crippen LogP contribution in [0.2, 0.25) is 0 Å². The summed E-state index contributed by atoms with van der Waals surface area (Å²) in [5.74, 6) is 0. The van der Waals surface area contributed by atoms with E-state index in [2.05, 4.69) is 38.3 Å². The van der Waals surface area contributed by atoms with E-state index in [1.165, 1.54) is 25.7 Å². The summed E-state index contributed by atoms with van der Waals surface area (Å²) >= 11 is 0. The third kappa shape index (κ3) is 3.43. The number of rotatable bonds is 3. The molecule has 2 fully saturated rings. The molecule has 3 nitrogen and oxygen atoms in total. The lowest BCUT2D eigenvalue weighted by atomic mass is 9.78. The molecule has 17 heavy (non-hydrogen) atoms.